The van der Waals surface area contributed by atoms with E-state index in [-0.39, 0.29) is 11.3 Å². The van der Waals surface area contributed by atoms with Crippen LogP contribution in [0.15, 0.2) is 54.1 Å². The minimum absolute atomic E-state index is 0.0829. The van der Waals surface area contributed by atoms with Gasteiger partial charge in [0.05, 0.1) is 6.61 Å². The van der Waals surface area contributed by atoms with Gasteiger partial charge in [-0.15, -0.1) is 0 Å². The van der Waals surface area contributed by atoms with Gasteiger partial charge in [0.1, 0.15) is 11.6 Å². The standard InChI is InChI=1S/C20H18N2O5/c1-2-26-18-11-14(8-9-17(18)27-13-19(23)24)10-15(12-21)20(25)22-16-6-4-3-5-7-16/h3-11H,2,13H2,1H3,(H,22,25)(H,23,24)/b15-10-. The number of aliphatic carboxylic acids is 1. The van der Waals surface area contributed by atoms with Crippen molar-refractivity contribution in [3.63, 3.8) is 0 Å². The topological polar surface area (TPSA) is 109 Å². The zero-order valence-electron chi connectivity index (χ0n) is 14.6. The monoisotopic (exact) mass is 366 g/mol. The molecule has 2 N–H and O–H groups in total. The molecule has 1 amide bonds. The average molecular weight is 366 g/mol. The fraction of sp³-hybridized carbons (Fsp3) is 0.150. The third kappa shape index (κ3) is 5.90. The van der Waals surface area contributed by atoms with E-state index in [1.165, 1.54) is 12.1 Å². The number of nitrogens with one attached hydrogen (secondary N) is 1. The van der Waals surface area contributed by atoms with E-state index in [9.17, 15) is 14.9 Å². The third-order valence-corrected chi connectivity index (χ3v) is 3.33. The van der Waals surface area contributed by atoms with Gasteiger partial charge in [-0.25, -0.2) is 4.79 Å². The molecule has 0 aliphatic rings. The van der Waals surface area contributed by atoms with Gasteiger partial charge in [0.15, 0.2) is 18.1 Å². The van der Waals surface area contributed by atoms with Crippen LogP contribution in [0.2, 0.25) is 0 Å². The second kappa shape index (κ2) is 9.63. The normalized spacial score (nSPS) is 10.6. The smallest absolute Gasteiger partial charge is 0.341 e. The summed E-state index contributed by atoms with van der Waals surface area (Å²) in [4.78, 5) is 22.9. The molecule has 0 saturated carbocycles. The molecule has 0 unspecified atom stereocenters. The summed E-state index contributed by atoms with van der Waals surface area (Å²) in [5.74, 6) is -1.05. The van der Waals surface area contributed by atoms with Gasteiger partial charge in [-0.3, -0.25) is 4.79 Å². The first-order chi connectivity index (χ1) is 13.0. The van der Waals surface area contributed by atoms with E-state index < -0.39 is 18.5 Å². The van der Waals surface area contributed by atoms with Crippen molar-refractivity contribution in [3.05, 3.63) is 59.7 Å². The van der Waals surface area contributed by atoms with Crippen molar-refractivity contribution >= 4 is 23.6 Å². The van der Waals surface area contributed by atoms with Crippen molar-refractivity contribution in [2.75, 3.05) is 18.5 Å². The number of carbonyl (C=O) groups excluding carboxylic acids is 1. The molecule has 0 heterocycles. The van der Waals surface area contributed by atoms with Crippen LogP contribution in [0.3, 0.4) is 0 Å². The number of hydrogen-bond donors (Lipinski definition) is 2. The van der Waals surface area contributed by atoms with Crippen LogP contribution in [0.4, 0.5) is 5.69 Å². The number of ether oxygens (including phenoxy) is 2. The van der Waals surface area contributed by atoms with E-state index in [0.717, 1.165) is 0 Å². The number of para-hydroxylation sites is 1. The highest BCUT2D eigenvalue weighted by molar-refractivity contribution is 6.09. The summed E-state index contributed by atoms with van der Waals surface area (Å²) in [6.07, 6.45) is 1.42. The number of carboxylic acids is 1. The Kier molecular flexibility index (Phi) is 6.97. The summed E-state index contributed by atoms with van der Waals surface area (Å²) < 4.78 is 10.6. The minimum atomic E-state index is -1.11. The molecule has 138 valence electrons. The lowest BCUT2D eigenvalue weighted by atomic mass is 10.1. The lowest BCUT2D eigenvalue weighted by Crippen LogP contribution is -2.13. The number of anilines is 1. The molecule has 0 aliphatic carbocycles. The Hall–Kier alpha value is -3.79. The Bertz CT molecular complexity index is 885. The zero-order chi connectivity index (χ0) is 19.6. The molecular weight excluding hydrogens is 348 g/mol. The van der Waals surface area contributed by atoms with E-state index in [0.29, 0.717) is 23.6 Å². The number of hydrogen-bond acceptors (Lipinski definition) is 5. The van der Waals surface area contributed by atoms with Gasteiger partial charge in [-0.05, 0) is 42.8 Å². The van der Waals surface area contributed by atoms with Gasteiger partial charge in [0.25, 0.3) is 5.91 Å². The second-order valence-electron chi connectivity index (χ2n) is 5.31. The van der Waals surface area contributed by atoms with E-state index in [1.807, 2.05) is 12.1 Å². The van der Waals surface area contributed by atoms with Gasteiger partial charge < -0.3 is 19.9 Å². The molecule has 0 radical (unpaired) electrons. The van der Waals surface area contributed by atoms with E-state index in [4.69, 9.17) is 14.6 Å². The van der Waals surface area contributed by atoms with Gasteiger partial charge in [0.2, 0.25) is 0 Å². The summed E-state index contributed by atoms with van der Waals surface area (Å²) in [6.45, 7) is 1.62. The van der Waals surface area contributed by atoms with Crippen LogP contribution < -0.4 is 14.8 Å². The number of nitriles is 1. The summed E-state index contributed by atoms with van der Waals surface area (Å²) >= 11 is 0. The largest absolute Gasteiger partial charge is 0.490 e. The maximum atomic E-state index is 12.3. The minimum Gasteiger partial charge on any atom is -0.490 e. The predicted molar refractivity (Wildman–Crippen MR) is 99.4 cm³/mol. The van der Waals surface area contributed by atoms with Crippen LogP contribution in [0.1, 0.15) is 12.5 Å². The quantitative estimate of drug-likeness (QED) is 0.549. The van der Waals surface area contributed by atoms with Crippen molar-refractivity contribution in [1.29, 1.82) is 5.26 Å². The molecule has 0 aliphatic heterocycles. The second-order valence-corrected chi connectivity index (χ2v) is 5.31. The van der Waals surface area contributed by atoms with E-state index in [1.54, 1.807) is 43.3 Å². The molecule has 27 heavy (non-hydrogen) atoms. The van der Waals surface area contributed by atoms with Crippen molar-refractivity contribution in [1.82, 2.24) is 0 Å². The van der Waals surface area contributed by atoms with Crippen molar-refractivity contribution < 1.29 is 24.2 Å². The highest BCUT2D eigenvalue weighted by Crippen LogP contribution is 2.29. The zero-order valence-corrected chi connectivity index (χ0v) is 14.6. The Morgan fingerprint density at radius 2 is 1.89 bits per heavy atom. The Morgan fingerprint density at radius 1 is 1.15 bits per heavy atom. The number of rotatable bonds is 8. The number of amides is 1. The van der Waals surface area contributed by atoms with Crippen LogP contribution in [0, 0.1) is 11.3 Å². The van der Waals surface area contributed by atoms with Gasteiger partial charge >= 0.3 is 5.97 Å². The molecule has 7 heteroatoms. The molecule has 0 bridgehead atoms. The lowest BCUT2D eigenvalue weighted by Gasteiger charge is -2.11. The van der Waals surface area contributed by atoms with Crippen LogP contribution in [-0.2, 0) is 9.59 Å². The summed E-state index contributed by atoms with van der Waals surface area (Å²) in [5.41, 5.74) is 1.04. The summed E-state index contributed by atoms with van der Waals surface area (Å²) in [7, 11) is 0. The maximum Gasteiger partial charge on any atom is 0.341 e. The molecular formula is C20H18N2O5. The van der Waals surface area contributed by atoms with Crippen LogP contribution in [0.25, 0.3) is 6.08 Å². The van der Waals surface area contributed by atoms with Crippen LogP contribution in [0.5, 0.6) is 11.5 Å². The molecule has 0 atom stereocenters. The summed E-state index contributed by atoms with van der Waals surface area (Å²) in [6, 6.07) is 15.4. The molecule has 2 rings (SSSR count). The predicted octanol–water partition coefficient (Wildman–Crippen LogP) is 3.09. The third-order valence-electron chi connectivity index (χ3n) is 3.33. The van der Waals surface area contributed by atoms with Gasteiger partial charge in [-0.1, -0.05) is 24.3 Å². The highest BCUT2D eigenvalue weighted by atomic mass is 16.5. The Morgan fingerprint density at radius 3 is 2.52 bits per heavy atom. The molecule has 0 spiro atoms. The van der Waals surface area contributed by atoms with Crippen molar-refractivity contribution in [2.24, 2.45) is 0 Å². The van der Waals surface area contributed by atoms with Gasteiger partial charge in [-0.2, -0.15) is 5.26 Å². The molecule has 0 saturated heterocycles. The fourth-order valence-corrected chi connectivity index (χ4v) is 2.18. The van der Waals surface area contributed by atoms with Gasteiger partial charge in [0, 0.05) is 5.69 Å². The van der Waals surface area contributed by atoms with E-state index >= 15 is 0 Å². The van der Waals surface area contributed by atoms with Crippen LogP contribution >= 0.6 is 0 Å². The number of carboxylic acid groups (broad SMARTS) is 1. The molecule has 2 aromatic rings. The molecule has 2 aromatic carbocycles. The van der Waals surface area contributed by atoms with Crippen LogP contribution in [-0.4, -0.2) is 30.2 Å². The number of nitrogens with zero attached hydrogens (tertiary/aromatic N) is 1. The Labute approximate surface area is 156 Å². The molecule has 0 fully saturated rings. The average Bonchev–Trinajstić information content (AvgIpc) is 2.66. The number of benzene rings is 2. The number of carbonyl (C=O) groups is 2. The Balaban J connectivity index is 2.23. The molecule has 7 nitrogen and oxygen atoms in total. The first-order valence-electron chi connectivity index (χ1n) is 8.13. The molecule has 0 aromatic heterocycles. The highest BCUT2D eigenvalue weighted by Gasteiger charge is 2.12. The first-order valence-corrected chi connectivity index (χ1v) is 8.13. The fourth-order valence-electron chi connectivity index (χ4n) is 2.18. The lowest BCUT2D eigenvalue weighted by molar-refractivity contribution is -0.139. The van der Waals surface area contributed by atoms with Crippen molar-refractivity contribution in [3.8, 4) is 17.6 Å². The van der Waals surface area contributed by atoms with E-state index in [2.05, 4.69) is 5.32 Å². The maximum absolute atomic E-state index is 12.3. The SMILES string of the molecule is CCOc1cc(/C=C(/C#N)C(=O)Nc2ccccc2)ccc1OCC(=O)O. The van der Waals surface area contributed by atoms with Crippen molar-refractivity contribution in [2.45, 2.75) is 6.92 Å². The first kappa shape index (κ1) is 19.5. The summed E-state index contributed by atoms with van der Waals surface area (Å²) in [5, 5.41) is 20.7.